The molecular formula is C22H28N4O3. The standard InChI is InChI=1S/C22H28N4O3/c1-15(2)29-18-11-4-3-9-16(18)23-21(27)20-24-19(17-10-5-6-14-26(17)20)22(28)25-12-7-8-13-25/h3-4,9,11,15H,5-8,10,12-14H2,1-2H3,(H,23,27). The van der Waals surface area contributed by atoms with Crippen LogP contribution >= 0.6 is 0 Å². The van der Waals surface area contributed by atoms with Gasteiger partial charge in [-0.25, -0.2) is 4.98 Å². The Hall–Kier alpha value is -2.83. The van der Waals surface area contributed by atoms with Gasteiger partial charge in [0, 0.05) is 19.6 Å². The average molecular weight is 396 g/mol. The van der Waals surface area contributed by atoms with Crippen molar-refractivity contribution in [2.24, 2.45) is 0 Å². The molecule has 0 radical (unpaired) electrons. The van der Waals surface area contributed by atoms with Crippen molar-refractivity contribution in [3.63, 3.8) is 0 Å². The van der Waals surface area contributed by atoms with Crippen LogP contribution in [0.25, 0.3) is 0 Å². The number of ether oxygens (including phenoxy) is 1. The number of anilines is 1. The first kappa shape index (κ1) is 19.5. The fourth-order valence-corrected chi connectivity index (χ4v) is 4.06. The normalized spacial score (nSPS) is 16.0. The van der Waals surface area contributed by atoms with Crippen LogP contribution in [-0.2, 0) is 13.0 Å². The molecule has 7 nitrogen and oxygen atoms in total. The number of nitrogens with zero attached hydrogens (tertiary/aromatic N) is 3. The van der Waals surface area contributed by atoms with Crippen LogP contribution in [0.15, 0.2) is 24.3 Å². The second-order valence-corrected chi connectivity index (χ2v) is 7.96. The zero-order chi connectivity index (χ0) is 20.4. The first-order chi connectivity index (χ1) is 14.0. The summed E-state index contributed by atoms with van der Waals surface area (Å²) in [5, 5.41) is 2.93. The predicted octanol–water partition coefficient (Wildman–Crippen LogP) is 3.49. The lowest BCUT2D eigenvalue weighted by Gasteiger charge is -2.19. The lowest BCUT2D eigenvalue weighted by atomic mass is 10.1. The van der Waals surface area contributed by atoms with Crippen molar-refractivity contribution in [1.82, 2.24) is 14.5 Å². The lowest BCUT2D eigenvalue weighted by Crippen LogP contribution is -2.29. The van der Waals surface area contributed by atoms with E-state index in [2.05, 4.69) is 10.3 Å². The maximum atomic E-state index is 13.1. The smallest absolute Gasteiger partial charge is 0.291 e. The van der Waals surface area contributed by atoms with Gasteiger partial charge in [0.15, 0.2) is 5.82 Å². The Kier molecular flexibility index (Phi) is 5.56. The summed E-state index contributed by atoms with van der Waals surface area (Å²) in [5.41, 5.74) is 1.94. The van der Waals surface area contributed by atoms with Crippen LogP contribution in [0.1, 0.15) is 66.3 Å². The van der Waals surface area contributed by atoms with Crippen LogP contribution in [0.3, 0.4) is 0 Å². The number of carbonyl (C=O) groups excluding carboxylic acids is 2. The Balaban J connectivity index is 1.63. The van der Waals surface area contributed by atoms with E-state index in [1.807, 2.05) is 47.6 Å². The van der Waals surface area contributed by atoms with Gasteiger partial charge in [0.2, 0.25) is 0 Å². The molecule has 0 bridgehead atoms. The molecule has 2 amide bonds. The van der Waals surface area contributed by atoms with Gasteiger partial charge in [-0.2, -0.15) is 0 Å². The Morgan fingerprint density at radius 3 is 2.55 bits per heavy atom. The first-order valence-electron chi connectivity index (χ1n) is 10.5. The Bertz CT molecular complexity index is 913. The van der Waals surface area contributed by atoms with E-state index in [1.165, 1.54) is 0 Å². The zero-order valence-electron chi connectivity index (χ0n) is 17.1. The molecule has 154 valence electrons. The summed E-state index contributed by atoms with van der Waals surface area (Å²) in [7, 11) is 0. The maximum Gasteiger partial charge on any atom is 0.291 e. The number of amides is 2. The summed E-state index contributed by atoms with van der Waals surface area (Å²) < 4.78 is 7.73. The van der Waals surface area contributed by atoms with E-state index in [4.69, 9.17) is 4.74 Å². The molecule has 0 spiro atoms. The minimum Gasteiger partial charge on any atom is -0.489 e. The topological polar surface area (TPSA) is 76.5 Å². The maximum absolute atomic E-state index is 13.1. The minimum absolute atomic E-state index is 0.00285. The number of nitrogens with one attached hydrogen (secondary N) is 1. The number of hydrogen-bond acceptors (Lipinski definition) is 4. The molecule has 2 aromatic rings. The molecule has 7 heteroatoms. The fraction of sp³-hybridized carbons (Fsp3) is 0.500. The summed E-state index contributed by atoms with van der Waals surface area (Å²) in [4.78, 5) is 32.5. The van der Waals surface area contributed by atoms with Gasteiger partial charge in [-0.1, -0.05) is 12.1 Å². The number of carbonyl (C=O) groups is 2. The van der Waals surface area contributed by atoms with Crippen LogP contribution < -0.4 is 10.1 Å². The van der Waals surface area contributed by atoms with Gasteiger partial charge in [0.25, 0.3) is 11.8 Å². The zero-order valence-corrected chi connectivity index (χ0v) is 17.1. The fourth-order valence-electron chi connectivity index (χ4n) is 4.06. The molecule has 2 aliphatic rings. The largest absolute Gasteiger partial charge is 0.489 e. The predicted molar refractivity (Wildman–Crippen MR) is 110 cm³/mol. The molecule has 1 aromatic carbocycles. The third kappa shape index (κ3) is 3.99. The molecule has 2 aliphatic heterocycles. The minimum atomic E-state index is -0.312. The number of imidazole rings is 1. The van der Waals surface area contributed by atoms with Gasteiger partial charge >= 0.3 is 0 Å². The van der Waals surface area contributed by atoms with Crippen LogP contribution in [0.5, 0.6) is 5.75 Å². The van der Waals surface area contributed by atoms with Crippen LogP contribution in [-0.4, -0.2) is 45.5 Å². The number of rotatable bonds is 5. The first-order valence-corrected chi connectivity index (χ1v) is 10.5. The van der Waals surface area contributed by atoms with E-state index < -0.39 is 0 Å². The Morgan fingerprint density at radius 2 is 1.79 bits per heavy atom. The van der Waals surface area contributed by atoms with Crippen molar-refractivity contribution in [3.8, 4) is 5.75 Å². The van der Waals surface area contributed by atoms with Gasteiger partial charge in [0.1, 0.15) is 11.4 Å². The molecule has 3 heterocycles. The monoisotopic (exact) mass is 396 g/mol. The van der Waals surface area contributed by atoms with Crippen LogP contribution in [0.2, 0.25) is 0 Å². The summed E-state index contributed by atoms with van der Waals surface area (Å²) in [6, 6.07) is 7.37. The van der Waals surface area contributed by atoms with Gasteiger partial charge < -0.3 is 19.5 Å². The van der Waals surface area contributed by atoms with E-state index in [0.29, 0.717) is 29.5 Å². The molecule has 1 N–H and O–H groups in total. The number of para-hydroxylation sites is 2. The van der Waals surface area contributed by atoms with Crippen LogP contribution in [0.4, 0.5) is 5.69 Å². The van der Waals surface area contributed by atoms with Crippen molar-refractivity contribution < 1.29 is 14.3 Å². The van der Waals surface area contributed by atoms with Crippen LogP contribution in [0, 0.1) is 0 Å². The summed E-state index contributed by atoms with van der Waals surface area (Å²) in [5.74, 6) is 0.570. The molecule has 0 aliphatic carbocycles. The third-order valence-corrected chi connectivity index (χ3v) is 5.41. The third-order valence-electron chi connectivity index (χ3n) is 5.41. The number of aromatic nitrogens is 2. The van der Waals surface area contributed by atoms with E-state index in [1.54, 1.807) is 0 Å². The number of likely N-dealkylation sites (tertiary alicyclic amines) is 1. The quantitative estimate of drug-likeness (QED) is 0.839. The molecule has 1 saturated heterocycles. The highest BCUT2D eigenvalue weighted by molar-refractivity contribution is 6.04. The van der Waals surface area contributed by atoms with E-state index in [-0.39, 0.29) is 17.9 Å². The summed E-state index contributed by atoms with van der Waals surface area (Å²) in [6.45, 7) is 6.14. The van der Waals surface area contributed by atoms with E-state index >= 15 is 0 Å². The second kappa shape index (κ2) is 8.27. The summed E-state index contributed by atoms with van der Waals surface area (Å²) in [6.07, 6.45) is 4.83. The van der Waals surface area contributed by atoms with Gasteiger partial charge in [-0.05, 0) is 58.1 Å². The highest BCUT2D eigenvalue weighted by Gasteiger charge is 2.31. The Labute approximate surface area is 171 Å². The van der Waals surface area contributed by atoms with Gasteiger partial charge in [-0.15, -0.1) is 0 Å². The molecule has 0 atom stereocenters. The van der Waals surface area contributed by atoms with Crippen molar-refractivity contribution in [2.75, 3.05) is 18.4 Å². The Morgan fingerprint density at radius 1 is 1.07 bits per heavy atom. The van der Waals surface area contributed by atoms with Crippen molar-refractivity contribution in [1.29, 1.82) is 0 Å². The number of benzene rings is 1. The van der Waals surface area contributed by atoms with Crippen molar-refractivity contribution in [2.45, 2.75) is 58.6 Å². The van der Waals surface area contributed by atoms with Gasteiger partial charge in [-0.3, -0.25) is 9.59 Å². The van der Waals surface area contributed by atoms with Crippen molar-refractivity contribution >= 4 is 17.5 Å². The number of fused-ring (bicyclic) bond motifs is 1. The highest BCUT2D eigenvalue weighted by Crippen LogP contribution is 2.27. The molecule has 1 aromatic heterocycles. The molecule has 1 fully saturated rings. The van der Waals surface area contributed by atoms with E-state index in [0.717, 1.165) is 50.9 Å². The van der Waals surface area contributed by atoms with Gasteiger partial charge in [0.05, 0.1) is 17.5 Å². The second-order valence-electron chi connectivity index (χ2n) is 7.96. The van der Waals surface area contributed by atoms with E-state index in [9.17, 15) is 9.59 Å². The highest BCUT2D eigenvalue weighted by atomic mass is 16.5. The molecule has 0 saturated carbocycles. The molecule has 4 rings (SSSR count). The average Bonchev–Trinajstić information content (AvgIpc) is 3.37. The molecule has 29 heavy (non-hydrogen) atoms. The summed E-state index contributed by atoms with van der Waals surface area (Å²) >= 11 is 0. The molecular weight excluding hydrogens is 368 g/mol. The lowest BCUT2D eigenvalue weighted by molar-refractivity contribution is 0.0786. The SMILES string of the molecule is CC(C)Oc1ccccc1NC(=O)c1nc(C(=O)N2CCCC2)c2n1CCCC2. The number of hydrogen-bond donors (Lipinski definition) is 1. The van der Waals surface area contributed by atoms with Crippen molar-refractivity contribution in [3.05, 3.63) is 41.5 Å². The molecule has 0 unspecified atom stereocenters.